The lowest BCUT2D eigenvalue weighted by molar-refractivity contribution is 0.140. The van der Waals surface area contributed by atoms with E-state index in [-0.39, 0.29) is 23.5 Å². The van der Waals surface area contributed by atoms with E-state index < -0.39 is 6.09 Å². The van der Waals surface area contributed by atoms with Crippen molar-refractivity contribution < 1.29 is 15.0 Å². The Kier molecular flexibility index (Phi) is 3.77. The van der Waals surface area contributed by atoms with Crippen molar-refractivity contribution in [2.24, 2.45) is 5.92 Å². The third-order valence-corrected chi connectivity index (χ3v) is 3.86. The first-order valence-corrected chi connectivity index (χ1v) is 6.97. The zero-order valence-corrected chi connectivity index (χ0v) is 12.4. The molecule has 2 rings (SSSR count). The van der Waals surface area contributed by atoms with E-state index in [1.165, 1.54) is 0 Å². The Hall–Kier alpha value is -1.56. The number of amides is 1. The lowest BCUT2D eigenvalue weighted by Gasteiger charge is -2.22. The SMILES string of the molecule is C[C@@H]1C[C@H](c2cc(NC(=O)O)n(C(C)(C)C)n2)C[C@@H]1O. The monoisotopic (exact) mass is 281 g/mol. The zero-order valence-electron chi connectivity index (χ0n) is 12.4. The summed E-state index contributed by atoms with van der Waals surface area (Å²) >= 11 is 0. The fourth-order valence-corrected chi connectivity index (χ4v) is 2.78. The molecule has 0 spiro atoms. The molecule has 1 aliphatic rings. The lowest BCUT2D eigenvalue weighted by Crippen LogP contribution is -2.26. The highest BCUT2D eigenvalue weighted by atomic mass is 16.4. The third-order valence-electron chi connectivity index (χ3n) is 3.86. The van der Waals surface area contributed by atoms with Crippen molar-refractivity contribution in [1.29, 1.82) is 0 Å². The number of anilines is 1. The predicted molar refractivity (Wildman–Crippen MR) is 76.0 cm³/mol. The summed E-state index contributed by atoms with van der Waals surface area (Å²) in [7, 11) is 0. The van der Waals surface area contributed by atoms with Crippen LogP contribution < -0.4 is 5.32 Å². The van der Waals surface area contributed by atoms with Gasteiger partial charge in [0.05, 0.1) is 17.3 Å². The highest BCUT2D eigenvalue weighted by Crippen LogP contribution is 2.39. The number of hydrogen-bond acceptors (Lipinski definition) is 3. The van der Waals surface area contributed by atoms with Crippen LogP contribution in [0.15, 0.2) is 6.07 Å². The third kappa shape index (κ3) is 2.95. The fraction of sp³-hybridized carbons (Fsp3) is 0.714. The minimum Gasteiger partial charge on any atom is -0.465 e. The van der Waals surface area contributed by atoms with Gasteiger partial charge in [-0.2, -0.15) is 5.10 Å². The predicted octanol–water partition coefficient (Wildman–Crippen LogP) is 2.60. The Balaban J connectivity index is 2.32. The summed E-state index contributed by atoms with van der Waals surface area (Å²) in [4.78, 5) is 10.9. The maximum atomic E-state index is 10.9. The number of rotatable bonds is 2. The van der Waals surface area contributed by atoms with E-state index >= 15 is 0 Å². The Bertz CT molecular complexity index is 494. The van der Waals surface area contributed by atoms with E-state index in [0.29, 0.717) is 12.2 Å². The molecule has 6 nitrogen and oxygen atoms in total. The van der Waals surface area contributed by atoms with Gasteiger partial charge in [0.1, 0.15) is 5.82 Å². The second-order valence-corrected chi connectivity index (χ2v) is 6.68. The number of nitrogens with one attached hydrogen (secondary N) is 1. The van der Waals surface area contributed by atoms with Crippen LogP contribution in [-0.2, 0) is 5.54 Å². The molecule has 1 aliphatic carbocycles. The Morgan fingerprint density at radius 1 is 1.45 bits per heavy atom. The maximum Gasteiger partial charge on any atom is 0.410 e. The van der Waals surface area contributed by atoms with Crippen LogP contribution in [-0.4, -0.2) is 32.2 Å². The number of aromatic nitrogens is 2. The highest BCUT2D eigenvalue weighted by molar-refractivity contribution is 5.81. The standard InChI is InChI=1S/C14H23N3O3/c1-8-5-9(6-11(8)18)10-7-12(15-13(19)20)17(16-10)14(2,3)4/h7-9,11,15,18H,5-6H2,1-4H3,(H,19,20)/t8-,9+,11+/m1/s1. The maximum absolute atomic E-state index is 10.9. The van der Waals surface area contributed by atoms with Crippen molar-refractivity contribution in [3.05, 3.63) is 11.8 Å². The summed E-state index contributed by atoms with van der Waals surface area (Å²) in [5.41, 5.74) is 0.547. The molecule has 1 amide bonds. The van der Waals surface area contributed by atoms with Crippen LogP contribution in [0, 0.1) is 5.92 Å². The van der Waals surface area contributed by atoms with Gasteiger partial charge in [-0.05, 0) is 39.5 Å². The van der Waals surface area contributed by atoms with E-state index in [1.807, 2.05) is 27.7 Å². The van der Waals surface area contributed by atoms with Gasteiger partial charge < -0.3 is 10.2 Å². The molecule has 6 heteroatoms. The quantitative estimate of drug-likeness (QED) is 0.777. The molecule has 0 unspecified atom stereocenters. The summed E-state index contributed by atoms with van der Waals surface area (Å²) < 4.78 is 1.70. The van der Waals surface area contributed by atoms with Gasteiger partial charge in [-0.3, -0.25) is 5.32 Å². The Morgan fingerprint density at radius 3 is 2.55 bits per heavy atom. The van der Waals surface area contributed by atoms with Crippen LogP contribution in [0.2, 0.25) is 0 Å². The largest absolute Gasteiger partial charge is 0.465 e. The van der Waals surface area contributed by atoms with Gasteiger partial charge in [0, 0.05) is 12.0 Å². The average Bonchev–Trinajstić information content (AvgIpc) is 2.82. The van der Waals surface area contributed by atoms with Crippen molar-refractivity contribution in [2.45, 2.75) is 58.1 Å². The molecule has 0 saturated heterocycles. The van der Waals surface area contributed by atoms with Gasteiger partial charge in [-0.1, -0.05) is 6.92 Å². The van der Waals surface area contributed by atoms with Crippen molar-refractivity contribution >= 4 is 11.9 Å². The van der Waals surface area contributed by atoms with Gasteiger partial charge in [-0.25, -0.2) is 9.48 Å². The topological polar surface area (TPSA) is 87.4 Å². The molecule has 0 aromatic carbocycles. The average molecular weight is 281 g/mol. The molecule has 3 N–H and O–H groups in total. The van der Waals surface area contributed by atoms with Crippen molar-refractivity contribution in [3.8, 4) is 0 Å². The van der Waals surface area contributed by atoms with Crippen LogP contribution >= 0.6 is 0 Å². The molecule has 1 fully saturated rings. The molecule has 0 aliphatic heterocycles. The van der Waals surface area contributed by atoms with Crippen molar-refractivity contribution in [1.82, 2.24) is 9.78 Å². The molecule has 0 radical (unpaired) electrons. The van der Waals surface area contributed by atoms with Gasteiger partial charge in [0.15, 0.2) is 0 Å². The molecule has 1 aromatic rings. The van der Waals surface area contributed by atoms with E-state index in [4.69, 9.17) is 5.11 Å². The van der Waals surface area contributed by atoms with E-state index in [2.05, 4.69) is 10.4 Å². The second-order valence-electron chi connectivity index (χ2n) is 6.68. The highest BCUT2D eigenvalue weighted by Gasteiger charge is 2.33. The molecule has 0 bridgehead atoms. The summed E-state index contributed by atoms with van der Waals surface area (Å²) in [6, 6.07) is 1.79. The van der Waals surface area contributed by atoms with Crippen LogP contribution in [0.5, 0.6) is 0 Å². The van der Waals surface area contributed by atoms with Crippen LogP contribution in [0.4, 0.5) is 10.6 Å². The lowest BCUT2D eigenvalue weighted by atomic mass is 10.0. The first kappa shape index (κ1) is 14.8. The summed E-state index contributed by atoms with van der Waals surface area (Å²) in [6.07, 6.45) is 0.182. The van der Waals surface area contributed by atoms with Crippen molar-refractivity contribution in [2.75, 3.05) is 5.32 Å². The van der Waals surface area contributed by atoms with Crippen molar-refractivity contribution in [3.63, 3.8) is 0 Å². The first-order valence-electron chi connectivity index (χ1n) is 6.97. The summed E-state index contributed by atoms with van der Waals surface area (Å²) in [5.74, 6) is 0.933. The minimum atomic E-state index is -1.10. The summed E-state index contributed by atoms with van der Waals surface area (Å²) in [6.45, 7) is 7.95. The number of aliphatic hydroxyl groups is 1. The number of carboxylic acid groups (broad SMARTS) is 1. The zero-order chi connectivity index (χ0) is 15.1. The van der Waals surface area contributed by atoms with Crippen LogP contribution in [0.3, 0.4) is 0 Å². The molecular weight excluding hydrogens is 258 g/mol. The molecule has 1 heterocycles. The molecule has 112 valence electrons. The number of hydrogen-bond donors (Lipinski definition) is 3. The van der Waals surface area contributed by atoms with E-state index in [0.717, 1.165) is 12.1 Å². The number of carbonyl (C=O) groups is 1. The Labute approximate surface area is 118 Å². The van der Waals surface area contributed by atoms with Crippen LogP contribution in [0.25, 0.3) is 0 Å². The smallest absolute Gasteiger partial charge is 0.410 e. The second kappa shape index (κ2) is 5.09. The molecule has 1 saturated carbocycles. The summed E-state index contributed by atoms with van der Waals surface area (Å²) in [5, 5.41) is 25.8. The Morgan fingerprint density at radius 2 is 2.10 bits per heavy atom. The number of nitrogens with zero attached hydrogens (tertiary/aromatic N) is 2. The first-order chi connectivity index (χ1) is 9.18. The van der Waals surface area contributed by atoms with Gasteiger partial charge in [0.2, 0.25) is 0 Å². The van der Waals surface area contributed by atoms with Gasteiger partial charge in [-0.15, -0.1) is 0 Å². The molecule has 20 heavy (non-hydrogen) atoms. The fourth-order valence-electron chi connectivity index (χ4n) is 2.78. The number of aliphatic hydroxyl groups excluding tert-OH is 1. The molecule has 3 atom stereocenters. The van der Waals surface area contributed by atoms with E-state index in [1.54, 1.807) is 10.7 Å². The minimum absolute atomic E-state index is 0.193. The normalized spacial score (nSPS) is 26.8. The van der Waals surface area contributed by atoms with Gasteiger partial charge in [0.25, 0.3) is 0 Å². The van der Waals surface area contributed by atoms with Gasteiger partial charge >= 0.3 is 6.09 Å². The van der Waals surface area contributed by atoms with E-state index in [9.17, 15) is 9.90 Å². The van der Waals surface area contributed by atoms with Crippen LogP contribution in [0.1, 0.15) is 52.1 Å². The molecular formula is C14H23N3O3. The molecule has 1 aromatic heterocycles.